The first-order chi connectivity index (χ1) is 6.56. The summed E-state index contributed by atoms with van der Waals surface area (Å²) in [5, 5.41) is 0. The smallest absolute Gasteiger partial charge is 0.337 e. The van der Waals surface area contributed by atoms with Gasteiger partial charge < -0.3 is 4.74 Å². The highest BCUT2D eigenvalue weighted by Gasteiger charge is 2.07. The minimum atomic E-state index is -1.77. The van der Waals surface area contributed by atoms with Gasteiger partial charge in [-0.05, 0) is 40.3 Å². The van der Waals surface area contributed by atoms with Gasteiger partial charge in [0.2, 0.25) is 0 Å². The highest BCUT2D eigenvalue weighted by Crippen LogP contribution is 2.16. The maximum Gasteiger partial charge on any atom is 0.337 e. The molecular formula is C9H8FIO2. The fourth-order valence-corrected chi connectivity index (χ4v) is 1.49. The Labute approximate surface area is 90.6 Å². The molecule has 13 heavy (non-hydrogen) atoms. The maximum absolute atomic E-state index is 12.7. The lowest BCUT2D eigenvalue weighted by Gasteiger charge is -2.02. The number of benzene rings is 1. The van der Waals surface area contributed by atoms with Gasteiger partial charge in [-0.3, -0.25) is 0 Å². The lowest BCUT2D eigenvalue weighted by molar-refractivity contribution is 0.0600. The fraction of sp³-hybridized carbons (Fsp3) is 0.222. The van der Waals surface area contributed by atoms with E-state index in [1.54, 1.807) is 0 Å². The van der Waals surface area contributed by atoms with Crippen molar-refractivity contribution < 1.29 is 15.3 Å². The quantitative estimate of drug-likeness (QED) is 0.619. The normalized spacial score (nSPS) is 13.3. The third kappa shape index (κ3) is 2.40. The average molecular weight is 295 g/mol. The van der Waals surface area contributed by atoms with Crippen LogP contribution in [-0.2, 0) is 11.4 Å². The molecule has 0 aliphatic carbocycles. The number of hydrogen-bond acceptors (Lipinski definition) is 2. The molecule has 0 fully saturated rings. The Morgan fingerprint density at radius 1 is 1.77 bits per heavy atom. The van der Waals surface area contributed by atoms with Crippen LogP contribution in [0.3, 0.4) is 0 Å². The second-order valence-corrected chi connectivity index (χ2v) is 3.50. The van der Waals surface area contributed by atoms with Crippen LogP contribution in [-0.4, -0.2) is 13.1 Å². The molecule has 0 aromatic heterocycles. The van der Waals surface area contributed by atoms with E-state index in [-0.39, 0.29) is 5.56 Å². The van der Waals surface area contributed by atoms with Gasteiger partial charge in [0, 0.05) is 3.57 Å². The maximum atomic E-state index is 12.7. The van der Waals surface area contributed by atoms with Gasteiger partial charge in [0.1, 0.15) is 6.65 Å². The molecule has 1 rings (SSSR count). The standard InChI is InChI=1S/C9H8FIO2/c1-13-9(12)6-2-3-7(5-10)8(11)4-6/h2-4H,5H2,1H3/i5D. The number of hydrogen-bond donors (Lipinski definition) is 0. The summed E-state index contributed by atoms with van der Waals surface area (Å²) in [6.07, 6.45) is 0. The van der Waals surface area contributed by atoms with Crippen LogP contribution in [0.2, 0.25) is 0 Å². The summed E-state index contributed by atoms with van der Waals surface area (Å²) in [6, 6.07) is 4.37. The lowest BCUT2D eigenvalue weighted by Crippen LogP contribution is -2.02. The SMILES string of the molecule is [2H]C(F)c1ccc(C(=O)OC)cc1I. The number of esters is 1. The predicted octanol–water partition coefficient (Wildman–Crippen LogP) is 2.55. The van der Waals surface area contributed by atoms with Crippen molar-refractivity contribution in [3.8, 4) is 0 Å². The van der Waals surface area contributed by atoms with Gasteiger partial charge >= 0.3 is 5.97 Å². The molecule has 2 nitrogen and oxygen atoms in total. The molecular weight excluding hydrogens is 286 g/mol. The molecule has 1 aromatic carbocycles. The van der Waals surface area contributed by atoms with Crippen molar-refractivity contribution in [3.63, 3.8) is 0 Å². The van der Waals surface area contributed by atoms with E-state index in [0.717, 1.165) is 0 Å². The highest BCUT2D eigenvalue weighted by atomic mass is 127. The Hall–Kier alpha value is -0.650. The number of methoxy groups -OCH3 is 1. The molecule has 70 valence electrons. The largest absolute Gasteiger partial charge is 0.465 e. The van der Waals surface area contributed by atoms with Crippen LogP contribution in [0.4, 0.5) is 4.39 Å². The third-order valence-electron chi connectivity index (χ3n) is 1.54. The minimum Gasteiger partial charge on any atom is -0.465 e. The zero-order valence-corrected chi connectivity index (χ0v) is 9.04. The van der Waals surface area contributed by atoms with Crippen molar-refractivity contribution in [1.29, 1.82) is 0 Å². The van der Waals surface area contributed by atoms with Gasteiger partial charge in [-0.2, -0.15) is 0 Å². The first-order valence-electron chi connectivity index (χ1n) is 4.08. The number of halogens is 2. The number of ether oxygens (including phenoxy) is 1. The van der Waals surface area contributed by atoms with Crippen LogP contribution < -0.4 is 0 Å². The zero-order chi connectivity index (χ0) is 10.7. The van der Waals surface area contributed by atoms with E-state index in [0.29, 0.717) is 9.13 Å². The van der Waals surface area contributed by atoms with Crippen LogP contribution in [0, 0.1) is 3.57 Å². The molecule has 0 radical (unpaired) electrons. The lowest BCUT2D eigenvalue weighted by atomic mass is 10.1. The Morgan fingerprint density at radius 2 is 2.46 bits per heavy atom. The average Bonchev–Trinajstić information content (AvgIpc) is 2.15. The van der Waals surface area contributed by atoms with Crippen molar-refractivity contribution in [2.45, 2.75) is 6.65 Å². The van der Waals surface area contributed by atoms with Crippen molar-refractivity contribution in [3.05, 3.63) is 32.9 Å². The predicted molar refractivity (Wildman–Crippen MR) is 55.3 cm³/mol. The van der Waals surface area contributed by atoms with E-state index in [1.165, 1.54) is 25.3 Å². The molecule has 1 atom stereocenters. The van der Waals surface area contributed by atoms with Crippen molar-refractivity contribution >= 4 is 28.6 Å². The minimum absolute atomic E-state index is 0.262. The van der Waals surface area contributed by atoms with Crippen LogP contribution in [0.5, 0.6) is 0 Å². The Balaban J connectivity index is 3.06. The van der Waals surface area contributed by atoms with Crippen LogP contribution >= 0.6 is 22.6 Å². The summed E-state index contributed by atoms with van der Waals surface area (Å²) < 4.78 is 24.6. The summed E-state index contributed by atoms with van der Waals surface area (Å²) >= 11 is 1.88. The van der Waals surface area contributed by atoms with Crippen molar-refractivity contribution in [2.24, 2.45) is 0 Å². The Morgan fingerprint density at radius 3 is 2.92 bits per heavy atom. The Kier molecular flexibility index (Phi) is 3.12. The van der Waals surface area contributed by atoms with Crippen LogP contribution in [0.15, 0.2) is 18.2 Å². The summed E-state index contributed by atoms with van der Waals surface area (Å²) in [6.45, 7) is -1.77. The molecule has 0 saturated heterocycles. The first kappa shape index (κ1) is 8.93. The molecule has 1 aromatic rings. The molecule has 0 N–H and O–H groups in total. The van der Waals surface area contributed by atoms with Gasteiger partial charge in [0.15, 0.2) is 0 Å². The van der Waals surface area contributed by atoms with Crippen molar-refractivity contribution in [2.75, 3.05) is 7.11 Å². The summed E-state index contributed by atoms with van der Waals surface area (Å²) in [5.41, 5.74) is 0.625. The molecule has 1 unspecified atom stereocenters. The number of rotatable bonds is 2. The number of carbonyl (C=O) groups is 1. The molecule has 0 spiro atoms. The van der Waals surface area contributed by atoms with Crippen LogP contribution in [0.25, 0.3) is 0 Å². The van der Waals surface area contributed by atoms with Gasteiger partial charge in [-0.15, -0.1) is 0 Å². The molecule has 4 heteroatoms. The molecule has 0 bridgehead atoms. The van der Waals surface area contributed by atoms with Crippen LogP contribution in [0.1, 0.15) is 17.3 Å². The summed E-state index contributed by atoms with van der Waals surface area (Å²) in [5.74, 6) is -0.463. The van der Waals surface area contributed by atoms with E-state index in [1.807, 2.05) is 22.6 Å². The molecule has 0 aliphatic rings. The monoisotopic (exact) mass is 295 g/mol. The third-order valence-corrected chi connectivity index (χ3v) is 2.47. The molecule has 0 aliphatic heterocycles. The highest BCUT2D eigenvalue weighted by molar-refractivity contribution is 14.1. The first-order valence-corrected chi connectivity index (χ1v) is 4.58. The van der Waals surface area contributed by atoms with Gasteiger partial charge in [-0.1, -0.05) is 6.07 Å². The van der Waals surface area contributed by atoms with Gasteiger partial charge in [-0.25, -0.2) is 9.18 Å². The molecule has 0 saturated carbocycles. The number of alkyl halides is 1. The second-order valence-electron chi connectivity index (χ2n) is 2.34. The van der Waals surface area contributed by atoms with Gasteiger partial charge in [0.05, 0.1) is 14.0 Å². The summed E-state index contributed by atoms with van der Waals surface area (Å²) in [7, 11) is 1.28. The van der Waals surface area contributed by atoms with E-state index in [2.05, 4.69) is 4.74 Å². The Bertz CT molecular complexity index is 355. The summed E-state index contributed by atoms with van der Waals surface area (Å²) in [4.78, 5) is 11.1. The topological polar surface area (TPSA) is 26.3 Å². The molecule has 0 heterocycles. The second kappa shape index (κ2) is 4.55. The fourth-order valence-electron chi connectivity index (χ4n) is 0.860. The number of carbonyl (C=O) groups excluding carboxylic acids is 1. The van der Waals surface area contributed by atoms with E-state index >= 15 is 0 Å². The van der Waals surface area contributed by atoms with Crippen molar-refractivity contribution in [1.82, 2.24) is 0 Å². The zero-order valence-electron chi connectivity index (χ0n) is 7.88. The van der Waals surface area contributed by atoms with E-state index in [9.17, 15) is 9.18 Å². The van der Waals surface area contributed by atoms with Gasteiger partial charge in [0.25, 0.3) is 0 Å². The van der Waals surface area contributed by atoms with E-state index in [4.69, 9.17) is 1.37 Å². The molecule has 0 amide bonds. The van der Waals surface area contributed by atoms with E-state index < -0.39 is 12.6 Å².